The lowest BCUT2D eigenvalue weighted by molar-refractivity contribution is -0.140. The van der Waals surface area contributed by atoms with Gasteiger partial charge >= 0.3 is 0 Å². The van der Waals surface area contributed by atoms with Crippen LogP contribution in [0.2, 0.25) is 0 Å². The summed E-state index contributed by atoms with van der Waals surface area (Å²) < 4.78 is 29.7. The Morgan fingerprint density at radius 2 is 1.45 bits per heavy atom. The first-order valence-electron chi connectivity index (χ1n) is 13.2. The highest BCUT2D eigenvalue weighted by molar-refractivity contribution is 9.10. The monoisotopic (exact) mass is 627 g/mol. The molecule has 1 N–H and O–H groups in total. The Balaban J connectivity index is 2.03. The van der Waals surface area contributed by atoms with Gasteiger partial charge in [-0.05, 0) is 81.1 Å². The van der Waals surface area contributed by atoms with E-state index in [0.717, 1.165) is 19.9 Å². The molecule has 9 heteroatoms. The van der Waals surface area contributed by atoms with E-state index in [0.29, 0.717) is 5.69 Å². The normalized spacial score (nSPS) is 12.6. The molecule has 1 atom stereocenters. The van der Waals surface area contributed by atoms with Gasteiger partial charge < -0.3 is 10.2 Å². The molecule has 2 amide bonds. The van der Waals surface area contributed by atoms with E-state index in [1.807, 2.05) is 57.2 Å². The smallest absolute Gasteiger partial charge is 0.264 e. The summed E-state index contributed by atoms with van der Waals surface area (Å²) in [7, 11) is -4.09. The molecular formula is C31H38BrN3O4S. The van der Waals surface area contributed by atoms with Crippen molar-refractivity contribution in [1.29, 1.82) is 0 Å². The number of benzene rings is 3. The van der Waals surface area contributed by atoms with Crippen LogP contribution in [-0.2, 0) is 26.2 Å². The number of amides is 2. The fraction of sp³-hybridized carbons (Fsp3) is 0.355. The van der Waals surface area contributed by atoms with E-state index in [1.165, 1.54) is 17.0 Å². The molecule has 0 spiro atoms. The average molecular weight is 629 g/mol. The Kier molecular flexibility index (Phi) is 10.2. The standard InChI is InChI=1S/C31H38BrN3O4S/c1-22(2)25-14-18-27(19-15-25)35(40(38,39)28-10-8-7-9-11-28)21-29(36)34(20-24-12-16-26(32)17-13-24)23(3)30(37)33-31(4,5)6/h7-19,22-23H,20-21H2,1-6H3,(H,33,37). The number of hydrogen-bond donors (Lipinski definition) is 1. The Hall–Kier alpha value is -3.17. The van der Waals surface area contributed by atoms with E-state index in [2.05, 4.69) is 35.1 Å². The fourth-order valence-electron chi connectivity index (χ4n) is 4.12. The van der Waals surface area contributed by atoms with Gasteiger partial charge in [-0.25, -0.2) is 8.42 Å². The number of nitrogens with one attached hydrogen (secondary N) is 1. The highest BCUT2D eigenvalue weighted by atomic mass is 79.9. The van der Waals surface area contributed by atoms with Crippen LogP contribution in [0.3, 0.4) is 0 Å². The minimum atomic E-state index is -4.09. The minimum absolute atomic E-state index is 0.0775. The third-order valence-electron chi connectivity index (χ3n) is 6.39. The van der Waals surface area contributed by atoms with Crippen molar-refractivity contribution in [3.05, 3.63) is 94.5 Å². The van der Waals surface area contributed by atoms with Gasteiger partial charge in [0.1, 0.15) is 12.6 Å². The maximum atomic E-state index is 14.0. The van der Waals surface area contributed by atoms with Crippen molar-refractivity contribution >= 4 is 43.5 Å². The first-order chi connectivity index (χ1) is 18.7. The molecule has 3 rings (SSSR count). The van der Waals surface area contributed by atoms with Crippen LogP contribution >= 0.6 is 15.9 Å². The number of nitrogens with zero attached hydrogens (tertiary/aromatic N) is 2. The van der Waals surface area contributed by atoms with Gasteiger partial charge in [-0.1, -0.05) is 72.2 Å². The highest BCUT2D eigenvalue weighted by Gasteiger charge is 2.33. The van der Waals surface area contributed by atoms with Crippen LogP contribution in [0.1, 0.15) is 58.6 Å². The maximum absolute atomic E-state index is 14.0. The predicted octanol–water partition coefficient (Wildman–Crippen LogP) is 6.10. The summed E-state index contributed by atoms with van der Waals surface area (Å²) in [5.74, 6) is -0.554. The van der Waals surface area contributed by atoms with Crippen LogP contribution in [0.25, 0.3) is 0 Å². The van der Waals surface area contributed by atoms with Gasteiger partial charge in [-0.3, -0.25) is 13.9 Å². The molecule has 0 radical (unpaired) electrons. The molecule has 0 saturated carbocycles. The zero-order valence-electron chi connectivity index (χ0n) is 23.9. The zero-order chi connectivity index (χ0) is 29.7. The van der Waals surface area contributed by atoms with Crippen molar-refractivity contribution in [3.8, 4) is 0 Å². The van der Waals surface area contributed by atoms with Gasteiger partial charge in [0, 0.05) is 16.6 Å². The van der Waals surface area contributed by atoms with Crippen molar-refractivity contribution in [2.75, 3.05) is 10.8 Å². The summed E-state index contributed by atoms with van der Waals surface area (Å²) >= 11 is 3.42. The summed E-state index contributed by atoms with van der Waals surface area (Å²) in [5.41, 5.74) is 1.73. The van der Waals surface area contributed by atoms with E-state index < -0.39 is 34.1 Å². The predicted molar refractivity (Wildman–Crippen MR) is 164 cm³/mol. The third kappa shape index (κ3) is 8.17. The van der Waals surface area contributed by atoms with Gasteiger partial charge in [-0.15, -0.1) is 0 Å². The minimum Gasteiger partial charge on any atom is -0.350 e. The van der Waals surface area contributed by atoms with E-state index in [1.54, 1.807) is 37.3 Å². The van der Waals surface area contributed by atoms with E-state index in [-0.39, 0.29) is 23.3 Å². The van der Waals surface area contributed by atoms with Crippen LogP contribution < -0.4 is 9.62 Å². The first kappa shape index (κ1) is 31.4. The van der Waals surface area contributed by atoms with Gasteiger partial charge in [0.25, 0.3) is 10.0 Å². The Labute approximate surface area is 246 Å². The Morgan fingerprint density at radius 1 is 0.875 bits per heavy atom. The summed E-state index contributed by atoms with van der Waals surface area (Å²) in [6.45, 7) is 11.0. The first-order valence-corrected chi connectivity index (χ1v) is 15.5. The Morgan fingerprint density at radius 3 is 1.98 bits per heavy atom. The number of carbonyl (C=O) groups excluding carboxylic acids is 2. The molecule has 0 bridgehead atoms. The molecular weight excluding hydrogens is 590 g/mol. The summed E-state index contributed by atoms with van der Waals surface area (Å²) in [4.78, 5) is 28.7. The molecule has 1 unspecified atom stereocenters. The van der Waals surface area contributed by atoms with Crippen LogP contribution in [-0.4, -0.2) is 43.3 Å². The number of carbonyl (C=O) groups is 2. The highest BCUT2D eigenvalue weighted by Crippen LogP contribution is 2.27. The molecule has 3 aromatic rings. The lowest BCUT2D eigenvalue weighted by atomic mass is 10.0. The summed E-state index contributed by atoms with van der Waals surface area (Å²) in [6, 6.07) is 21.8. The van der Waals surface area contributed by atoms with Crippen molar-refractivity contribution in [2.45, 2.75) is 70.5 Å². The summed E-state index contributed by atoms with van der Waals surface area (Å²) in [6.07, 6.45) is 0. The fourth-order valence-corrected chi connectivity index (χ4v) is 5.82. The van der Waals surface area contributed by atoms with E-state index in [4.69, 9.17) is 0 Å². The second-order valence-electron chi connectivity index (χ2n) is 11.1. The second-order valence-corrected chi connectivity index (χ2v) is 13.9. The maximum Gasteiger partial charge on any atom is 0.264 e. The molecule has 214 valence electrons. The lowest BCUT2D eigenvalue weighted by Gasteiger charge is -2.33. The van der Waals surface area contributed by atoms with E-state index >= 15 is 0 Å². The second kappa shape index (κ2) is 13.0. The van der Waals surface area contributed by atoms with Crippen LogP contribution in [0.5, 0.6) is 0 Å². The third-order valence-corrected chi connectivity index (χ3v) is 8.71. The molecule has 0 aliphatic heterocycles. The summed E-state index contributed by atoms with van der Waals surface area (Å²) in [5, 5.41) is 2.93. The molecule has 0 heterocycles. The Bertz CT molecular complexity index is 1400. The molecule has 0 aliphatic rings. The largest absolute Gasteiger partial charge is 0.350 e. The SMILES string of the molecule is CC(C)c1ccc(N(CC(=O)N(Cc2ccc(Br)cc2)C(C)C(=O)NC(C)(C)C)S(=O)(=O)c2ccccc2)cc1. The van der Waals surface area contributed by atoms with Crippen LogP contribution in [0, 0.1) is 0 Å². The average Bonchev–Trinajstić information content (AvgIpc) is 2.90. The number of anilines is 1. The van der Waals surface area contributed by atoms with Gasteiger partial charge in [0.05, 0.1) is 10.6 Å². The number of rotatable bonds is 10. The molecule has 0 fully saturated rings. The van der Waals surface area contributed by atoms with Crippen LogP contribution in [0.4, 0.5) is 5.69 Å². The van der Waals surface area contributed by atoms with Crippen LogP contribution in [0.15, 0.2) is 88.2 Å². The van der Waals surface area contributed by atoms with Crippen molar-refractivity contribution in [2.24, 2.45) is 0 Å². The topological polar surface area (TPSA) is 86.8 Å². The number of halogens is 1. The van der Waals surface area contributed by atoms with Gasteiger partial charge in [0.15, 0.2) is 0 Å². The van der Waals surface area contributed by atoms with E-state index in [9.17, 15) is 18.0 Å². The number of sulfonamides is 1. The van der Waals surface area contributed by atoms with Gasteiger partial charge in [-0.2, -0.15) is 0 Å². The lowest BCUT2D eigenvalue weighted by Crippen LogP contribution is -2.54. The molecule has 40 heavy (non-hydrogen) atoms. The molecule has 0 saturated heterocycles. The molecule has 3 aromatic carbocycles. The number of hydrogen-bond acceptors (Lipinski definition) is 4. The molecule has 0 aliphatic carbocycles. The quantitative estimate of drug-likeness (QED) is 0.294. The van der Waals surface area contributed by atoms with Crippen molar-refractivity contribution in [3.63, 3.8) is 0 Å². The van der Waals surface area contributed by atoms with Crippen molar-refractivity contribution in [1.82, 2.24) is 10.2 Å². The van der Waals surface area contributed by atoms with Gasteiger partial charge in [0.2, 0.25) is 11.8 Å². The van der Waals surface area contributed by atoms with Crippen molar-refractivity contribution < 1.29 is 18.0 Å². The molecule has 7 nitrogen and oxygen atoms in total. The zero-order valence-corrected chi connectivity index (χ0v) is 26.3. The molecule has 0 aromatic heterocycles.